The molecule has 1 aromatic carbocycles. The van der Waals surface area contributed by atoms with Crippen LogP contribution in [0.4, 0.5) is 0 Å². The zero-order valence-corrected chi connectivity index (χ0v) is 8.77. The maximum absolute atomic E-state index is 3.26. The smallest absolute Gasteiger partial charge is 0.0460 e. The van der Waals surface area contributed by atoms with Crippen LogP contribution in [0.15, 0.2) is 48.9 Å². The lowest BCUT2D eigenvalue weighted by Crippen LogP contribution is -1.67. The molecule has 2 heteroatoms. The van der Waals surface area contributed by atoms with Gasteiger partial charge in [-0.1, -0.05) is 30.4 Å². The summed E-state index contributed by atoms with van der Waals surface area (Å²) in [6.07, 6.45) is 10.2. The van der Waals surface area contributed by atoms with Crippen LogP contribution in [-0.4, -0.2) is 9.97 Å². The Kier molecular flexibility index (Phi) is 2.11. The first-order valence-electron chi connectivity index (χ1n) is 5.30. The van der Waals surface area contributed by atoms with Crippen molar-refractivity contribution >= 4 is 23.1 Å². The minimum absolute atomic E-state index is 1.18. The summed E-state index contributed by atoms with van der Waals surface area (Å²) >= 11 is 0. The number of hydrogen-bond donors (Lipinski definition) is 2. The number of nitrogens with one attached hydrogen (secondary N) is 2. The second kappa shape index (κ2) is 3.74. The third kappa shape index (κ3) is 1.54. The lowest BCUT2D eigenvalue weighted by atomic mass is 10.1. The molecule has 0 aliphatic carbocycles. The third-order valence-electron chi connectivity index (χ3n) is 2.70. The molecule has 0 spiro atoms. The second-order valence-electron chi connectivity index (χ2n) is 3.77. The lowest BCUT2D eigenvalue weighted by molar-refractivity contribution is 1.41. The first-order valence-corrected chi connectivity index (χ1v) is 5.30. The van der Waals surface area contributed by atoms with Gasteiger partial charge >= 0.3 is 0 Å². The molecule has 0 saturated heterocycles. The van der Waals surface area contributed by atoms with Crippen molar-refractivity contribution in [1.29, 1.82) is 0 Å². The number of aromatic nitrogens is 2. The molecule has 0 amide bonds. The highest BCUT2D eigenvalue weighted by Crippen LogP contribution is 2.19. The number of aromatic amines is 2. The van der Waals surface area contributed by atoms with Crippen molar-refractivity contribution in [2.45, 2.75) is 0 Å². The van der Waals surface area contributed by atoms with Gasteiger partial charge < -0.3 is 9.97 Å². The Morgan fingerprint density at radius 1 is 0.938 bits per heavy atom. The van der Waals surface area contributed by atoms with E-state index < -0.39 is 0 Å². The molecule has 0 radical (unpaired) electrons. The van der Waals surface area contributed by atoms with Gasteiger partial charge in [0.15, 0.2) is 0 Å². The zero-order chi connectivity index (χ0) is 10.8. The number of fused-ring (bicyclic) bond motifs is 1. The van der Waals surface area contributed by atoms with Crippen LogP contribution in [0.1, 0.15) is 11.1 Å². The van der Waals surface area contributed by atoms with Gasteiger partial charge in [0, 0.05) is 29.5 Å². The average Bonchev–Trinajstić information content (AvgIpc) is 2.96. The Morgan fingerprint density at radius 3 is 2.75 bits per heavy atom. The van der Waals surface area contributed by atoms with E-state index in [9.17, 15) is 0 Å². The van der Waals surface area contributed by atoms with E-state index in [1.807, 2.05) is 30.7 Å². The number of H-pyrrole nitrogens is 2. The fraction of sp³-hybridized carbons (Fsp3) is 0. The van der Waals surface area contributed by atoms with E-state index in [1.165, 1.54) is 22.0 Å². The van der Waals surface area contributed by atoms with Crippen molar-refractivity contribution in [3.63, 3.8) is 0 Å². The van der Waals surface area contributed by atoms with Crippen LogP contribution in [0.25, 0.3) is 23.1 Å². The van der Waals surface area contributed by atoms with Gasteiger partial charge in [-0.05, 0) is 23.3 Å². The predicted octanol–water partition coefficient (Wildman–Crippen LogP) is 3.67. The molecule has 2 heterocycles. The molecule has 16 heavy (non-hydrogen) atoms. The van der Waals surface area contributed by atoms with Crippen LogP contribution in [-0.2, 0) is 0 Å². The van der Waals surface area contributed by atoms with Crippen molar-refractivity contribution in [1.82, 2.24) is 9.97 Å². The van der Waals surface area contributed by atoms with Gasteiger partial charge in [-0.3, -0.25) is 0 Å². The molecule has 78 valence electrons. The minimum atomic E-state index is 1.18. The summed E-state index contributed by atoms with van der Waals surface area (Å²) in [5.74, 6) is 0. The van der Waals surface area contributed by atoms with Crippen molar-refractivity contribution in [2.75, 3.05) is 0 Å². The Hall–Kier alpha value is -2.22. The molecule has 0 fully saturated rings. The Balaban J connectivity index is 2.01. The highest BCUT2D eigenvalue weighted by Gasteiger charge is 1.98. The van der Waals surface area contributed by atoms with Crippen molar-refractivity contribution in [3.05, 3.63) is 60.0 Å². The Labute approximate surface area is 93.6 Å². The van der Waals surface area contributed by atoms with Gasteiger partial charge in [-0.25, -0.2) is 0 Å². The zero-order valence-electron chi connectivity index (χ0n) is 8.77. The molecule has 3 rings (SSSR count). The minimum Gasteiger partial charge on any atom is -0.367 e. The summed E-state index contributed by atoms with van der Waals surface area (Å²) in [4.78, 5) is 6.30. The molecule has 0 saturated carbocycles. The van der Waals surface area contributed by atoms with Crippen LogP contribution in [0.3, 0.4) is 0 Å². The molecule has 2 nitrogen and oxygen atoms in total. The highest BCUT2D eigenvalue weighted by molar-refractivity contribution is 5.91. The number of rotatable bonds is 2. The maximum Gasteiger partial charge on any atom is 0.0460 e. The van der Waals surface area contributed by atoms with Crippen LogP contribution in [0, 0.1) is 0 Å². The van der Waals surface area contributed by atoms with Crippen LogP contribution in [0.2, 0.25) is 0 Å². The lowest BCUT2D eigenvalue weighted by Gasteiger charge is -1.90. The molecular formula is C14H12N2. The molecule has 0 aliphatic heterocycles. The number of para-hydroxylation sites is 1. The first kappa shape index (κ1) is 9.04. The molecule has 0 atom stereocenters. The van der Waals surface area contributed by atoms with E-state index in [0.717, 1.165) is 0 Å². The van der Waals surface area contributed by atoms with Gasteiger partial charge in [-0.15, -0.1) is 0 Å². The van der Waals surface area contributed by atoms with Crippen molar-refractivity contribution < 1.29 is 0 Å². The van der Waals surface area contributed by atoms with Gasteiger partial charge in [0.1, 0.15) is 0 Å². The third-order valence-corrected chi connectivity index (χ3v) is 2.70. The highest BCUT2D eigenvalue weighted by atomic mass is 14.7. The van der Waals surface area contributed by atoms with Crippen molar-refractivity contribution in [2.24, 2.45) is 0 Å². The maximum atomic E-state index is 3.26. The summed E-state index contributed by atoms with van der Waals surface area (Å²) in [6.45, 7) is 0. The molecule has 3 aromatic rings. The second-order valence-corrected chi connectivity index (χ2v) is 3.77. The molecule has 0 bridgehead atoms. The Morgan fingerprint density at radius 2 is 1.88 bits per heavy atom. The fourth-order valence-corrected chi connectivity index (χ4v) is 1.86. The number of benzene rings is 1. The standard InChI is InChI=1S/C14H12N2/c1-2-4-14-13(3-1)12(10-16-14)6-5-11-7-8-15-9-11/h1-10,15-16H/b6-5+. The molecule has 2 aromatic heterocycles. The molecule has 2 N–H and O–H groups in total. The van der Waals surface area contributed by atoms with Crippen LogP contribution in [0.5, 0.6) is 0 Å². The summed E-state index contributed by atoms with van der Waals surface area (Å²) in [7, 11) is 0. The largest absolute Gasteiger partial charge is 0.367 e. The fourth-order valence-electron chi connectivity index (χ4n) is 1.86. The normalized spacial score (nSPS) is 11.5. The Bertz CT molecular complexity index is 615. The summed E-state index contributed by atoms with van der Waals surface area (Å²) < 4.78 is 0. The van der Waals surface area contributed by atoms with Gasteiger partial charge in [0.2, 0.25) is 0 Å². The quantitative estimate of drug-likeness (QED) is 0.644. The van der Waals surface area contributed by atoms with Gasteiger partial charge in [-0.2, -0.15) is 0 Å². The van der Waals surface area contributed by atoms with E-state index >= 15 is 0 Å². The molecular weight excluding hydrogens is 196 g/mol. The van der Waals surface area contributed by atoms with E-state index in [1.54, 1.807) is 0 Å². The molecule has 0 unspecified atom stereocenters. The van der Waals surface area contributed by atoms with Gasteiger partial charge in [0.05, 0.1) is 0 Å². The van der Waals surface area contributed by atoms with E-state index in [4.69, 9.17) is 0 Å². The number of hydrogen-bond acceptors (Lipinski definition) is 0. The first-order chi connectivity index (χ1) is 7.93. The monoisotopic (exact) mass is 208 g/mol. The van der Waals surface area contributed by atoms with Crippen LogP contribution < -0.4 is 0 Å². The SMILES string of the molecule is C(=C\c1c[nH]c2ccccc12)/c1cc[nH]c1. The van der Waals surface area contributed by atoms with E-state index in [2.05, 4.69) is 40.3 Å². The van der Waals surface area contributed by atoms with E-state index in [-0.39, 0.29) is 0 Å². The summed E-state index contributed by atoms with van der Waals surface area (Å²) in [5.41, 5.74) is 3.58. The average molecular weight is 208 g/mol. The topological polar surface area (TPSA) is 31.6 Å². The van der Waals surface area contributed by atoms with Gasteiger partial charge in [0.25, 0.3) is 0 Å². The van der Waals surface area contributed by atoms with Crippen LogP contribution >= 0.6 is 0 Å². The summed E-state index contributed by atoms with van der Waals surface area (Å²) in [5, 5.41) is 1.26. The summed E-state index contributed by atoms with van der Waals surface area (Å²) in [6, 6.07) is 10.4. The van der Waals surface area contributed by atoms with Crippen molar-refractivity contribution in [3.8, 4) is 0 Å². The predicted molar refractivity (Wildman–Crippen MR) is 68.0 cm³/mol. The van der Waals surface area contributed by atoms with E-state index in [0.29, 0.717) is 0 Å². The molecule has 0 aliphatic rings.